The summed E-state index contributed by atoms with van der Waals surface area (Å²) in [7, 11) is 0. The molecule has 2 nitrogen and oxygen atoms in total. The van der Waals surface area contributed by atoms with Crippen LogP contribution in [0.1, 0.15) is 38.2 Å². The number of hydrogen-bond acceptors (Lipinski definition) is 2. The largest absolute Gasteiger partial charge is 0.392 e. The third-order valence-corrected chi connectivity index (χ3v) is 3.97. The monoisotopic (exact) mass is 220 g/mol. The normalized spacial score (nSPS) is 32.3. The Kier molecular flexibility index (Phi) is 3.31. The van der Waals surface area contributed by atoms with Crippen LogP contribution < -0.4 is 0 Å². The Morgan fingerprint density at radius 2 is 1.94 bits per heavy atom. The molecule has 1 aliphatic carbocycles. The van der Waals surface area contributed by atoms with Gasteiger partial charge in [-0.3, -0.25) is 0 Å². The molecular formula is C14H20O2. The van der Waals surface area contributed by atoms with Gasteiger partial charge in [0.1, 0.15) is 0 Å². The molecule has 0 bridgehead atoms. The lowest BCUT2D eigenvalue weighted by molar-refractivity contribution is -0.0336. The SMILES string of the molecule is C[C@@H](O)[C@]1(c2ccccc2)CCCC[C@@H]1O. The van der Waals surface area contributed by atoms with Gasteiger partial charge in [-0.15, -0.1) is 0 Å². The fourth-order valence-corrected chi connectivity index (χ4v) is 2.99. The van der Waals surface area contributed by atoms with Gasteiger partial charge in [0.15, 0.2) is 0 Å². The van der Waals surface area contributed by atoms with Crippen LogP contribution in [0.25, 0.3) is 0 Å². The van der Waals surface area contributed by atoms with E-state index in [1.807, 2.05) is 30.3 Å². The lowest BCUT2D eigenvalue weighted by atomic mass is 9.64. The van der Waals surface area contributed by atoms with E-state index in [1.165, 1.54) is 0 Å². The van der Waals surface area contributed by atoms with E-state index in [0.29, 0.717) is 0 Å². The minimum absolute atomic E-state index is 0.427. The van der Waals surface area contributed by atoms with Crippen LogP contribution in [0.3, 0.4) is 0 Å². The summed E-state index contributed by atoms with van der Waals surface area (Å²) in [5, 5.41) is 20.4. The second kappa shape index (κ2) is 4.56. The van der Waals surface area contributed by atoms with Gasteiger partial charge in [-0.25, -0.2) is 0 Å². The molecule has 2 heteroatoms. The van der Waals surface area contributed by atoms with Crippen LogP contribution in [0.2, 0.25) is 0 Å². The zero-order valence-corrected chi connectivity index (χ0v) is 9.76. The molecule has 1 fully saturated rings. The minimum atomic E-state index is -0.509. The van der Waals surface area contributed by atoms with Crippen molar-refractivity contribution in [2.45, 2.75) is 50.2 Å². The maximum Gasteiger partial charge on any atom is 0.0661 e. The Labute approximate surface area is 96.9 Å². The Morgan fingerprint density at radius 3 is 2.50 bits per heavy atom. The first-order valence-electron chi connectivity index (χ1n) is 6.09. The minimum Gasteiger partial charge on any atom is -0.392 e. The molecule has 1 aromatic rings. The van der Waals surface area contributed by atoms with E-state index >= 15 is 0 Å². The van der Waals surface area contributed by atoms with Gasteiger partial charge in [0.25, 0.3) is 0 Å². The van der Waals surface area contributed by atoms with E-state index in [-0.39, 0.29) is 0 Å². The van der Waals surface area contributed by atoms with Gasteiger partial charge in [0.2, 0.25) is 0 Å². The molecule has 1 aliphatic rings. The second-order valence-corrected chi connectivity index (χ2v) is 4.84. The molecule has 1 saturated carbocycles. The lowest BCUT2D eigenvalue weighted by Gasteiger charge is -2.44. The van der Waals surface area contributed by atoms with Crippen LogP contribution in [0.15, 0.2) is 30.3 Å². The number of aliphatic hydroxyl groups is 2. The highest BCUT2D eigenvalue weighted by atomic mass is 16.3. The third-order valence-electron chi connectivity index (χ3n) is 3.97. The van der Waals surface area contributed by atoms with Crippen LogP contribution in [0.5, 0.6) is 0 Å². The molecule has 0 unspecified atom stereocenters. The molecule has 16 heavy (non-hydrogen) atoms. The summed E-state index contributed by atoms with van der Waals surface area (Å²) in [4.78, 5) is 0. The van der Waals surface area contributed by atoms with Gasteiger partial charge in [0, 0.05) is 5.41 Å². The molecule has 0 heterocycles. The molecule has 1 aromatic carbocycles. The van der Waals surface area contributed by atoms with E-state index in [1.54, 1.807) is 6.92 Å². The number of hydrogen-bond donors (Lipinski definition) is 2. The average Bonchev–Trinajstić information content (AvgIpc) is 2.30. The number of benzene rings is 1. The molecule has 2 N–H and O–H groups in total. The van der Waals surface area contributed by atoms with Crippen LogP contribution in [0.4, 0.5) is 0 Å². The molecule has 3 atom stereocenters. The third kappa shape index (κ3) is 1.76. The summed E-state index contributed by atoms with van der Waals surface area (Å²) in [6.45, 7) is 1.79. The highest BCUT2D eigenvalue weighted by Gasteiger charge is 2.45. The molecular weight excluding hydrogens is 200 g/mol. The summed E-state index contributed by atoms with van der Waals surface area (Å²) >= 11 is 0. The maximum absolute atomic E-state index is 10.3. The summed E-state index contributed by atoms with van der Waals surface area (Å²) < 4.78 is 0. The van der Waals surface area contributed by atoms with E-state index in [0.717, 1.165) is 31.2 Å². The quantitative estimate of drug-likeness (QED) is 0.802. The van der Waals surface area contributed by atoms with Crippen LogP contribution in [-0.4, -0.2) is 22.4 Å². The van der Waals surface area contributed by atoms with E-state index in [4.69, 9.17) is 0 Å². The predicted octanol–water partition coefficient (Wildman–Crippen LogP) is 2.24. The highest BCUT2D eigenvalue weighted by molar-refractivity contribution is 5.29. The molecule has 88 valence electrons. The van der Waals surface area contributed by atoms with Crippen molar-refractivity contribution in [3.63, 3.8) is 0 Å². The standard InChI is InChI=1S/C14H20O2/c1-11(15)14(10-6-5-9-13(14)16)12-7-3-2-4-8-12/h2-4,7-8,11,13,15-16H,5-6,9-10H2,1H3/t11-,13+,14+/m1/s1. The Bertz CT molecular complexity index is 334. The van der Waals surface area contributed by atoms with Crippen molar-refractivity contribution in [1.82, 2.24) is 0 Å². The molecule has 0 amide bonds. The van der Waals surface area contributed by atoms with Gasteiger partial charge >= 0.3 is 0 Å². The molecule has 0 radical (unpaired) electrons. The van der Waals surface area contributed by atoms with Crippen LogP contribution >= 0.6 is 0 Å². The van der Waals surface area contributed by atoms with Gasteiger partial charge in [0.05, 0.1) is 12.2 Å². The zero-order valence-electron chi connectivity index (χ0n) is 9.76. The van der Waals surface area contributed by atoms with Gasteiger partial charge in [-0.2, -0.15) is 0 Å². The zero-order chi connectivity index (χ0) is 11.6. The first kappa shape index (κ1) is 11.6. The first-order chi connectivity index (χ1) is 7.68. The van der Waals surface area contributed by atoms with Crippen molar-refractivity contribution in [3.05, 3.63) is 35.9 Å². The van der Waals surface area contributed by atoms with Crippen molar-refractivity contribution < 1.29 is 10.2 Å². The van der Waals surface area contributed by atoms with E-state index in [9.17, 15) is 10.2 Å². The van der Waals surface area contributed by atoms with Crippen molar-refractivity contribution in [3.8, 4) is 0 Å². The Balaban J connectivity index is 2.42. The van der Waals surface area contributed by atoms with Gasteiger partial charge < -0.3 is 10.2 Å². The molecule has 0 saturated heterocycles. The smallest absolute Gasteiger partial charge is 0.0661 e. The topological polar surface area (TPSA) is 40.5 Å². The molecule has 0 aliphatic heterocycles. The molecule has 2 rings (SSSR count). The molecule has 0 spiro atoms. The molecule has 0 aromatic heterocycles. The maximum atomic E-state index is 10.3. The van der Waals surface area contributed by atoms with Crippen molar-refractivity contribution in [1.29, 1.82) is 0 Å². The Hall–Kier alpha value is -0.860. The summed E-state index contributed by atoms with van der Waals surface area (Å²) in [6, 6.07) is 9.94. The van der Waals surface area contributed by atoms with Gasteiger partial charge in [-0.05, 0) is 25.3 Å². The van der Waals surface area contributed by atoms with Crippen molar-refractivity contribution >= 4 is 0 Å². The fraction of sp³-hybridized carbons (Fsp3) is 0.571. The summed E-state index contributed by atoms with van der Waals surface area (Å²) in [5.41, 5.74) is 0.608. The van der Waals surface area contributed by atoms with Crippen LogP contribution in [0, 0.1) is 0 Å². The fourth-order valence-electron chi connectivity index (χ4n) is 2.99. The van der Waals surface area contributed by atoms with Crippen molar-refractivity contribution in [2.75, 3.05) is 0 Å². The lowest BCUT2D eigenvalue weighted by Crippen LogP contribution is -2.50. The second-order valence-electron chi connectivity index (χ2n) is 4.84. The number of rotatable bonds is 2. The van der Waals surface area contributed by atoms with Gasteiger partial charge in [-0.1, -0.05) is 43.2 Å². The highest BCUT2D eigenvalue weighted by Crippen LogP contribution is 2.42. The van der Waals surface area contributed by atoms with Crippen LogP contribution in [-0.2, 0) is 5.41 Å². The predicted molar refractivity (Wildman–Crippen MR) is 64.3 cm³/mol. The van der Waals surface area contributed by atoms with E-state index < -0.39 is 17.6 Å². The summed E-state index contributed by atoms with van der Waals surface area (Å²) in [6.07, 6.45) is 2.86. The van der Waals surface area contributed by atoms with E-state index in [2.05, 4.69) is 0 Å². The first-order valence-corrected chi connectivity index (χ1v) is 6.09. The Morgan fingerprint density at radius 1 is 1.25 bits per heavy atom. The summed E-state index contributed by atoms with van der Waals surface area (Å²) in [5.74, 6) is 0. The number of aliphatic hydroxyl groups excluding tert-OH is 2. The van der Waals surface area contributed by atoms with Crippen molar-refractivity contribution in [2.24, 2.45) is 0 Å². The average molecular weight is 220 g/mol.